The van der Waals surface area contributed by atoms with Crippen LogP contribution in [0.15, 0.2) is 36.4 Å². The average Bonchev–Trinajstić information content (AvgIpc) is 3.21. The smallest absolute Gasteiger partial charge is 0.260 e. The van der Waals surface area contributed by atoms with Crippen molar-refractivity contribution in [2.24, 2.45) is 0 Å². The van der Waals surface area contributed by atoms with E-state index in [9.17, 15) is 14.0 Å². The summed E-state index contributed by atoms with van der Waals surface area (Å²) in [5, 5.41) is 0.837. The van der Waals surface area contributed by atoms with Crippen molar-refractivity contribution in [1.29, 1.82) is 0 Å². The Morgan fingerprint density at radius 1 is 1.32 bits per heavy atom. The highest BCUT2D eigenvalue weighted by Crippen LogP contribution is 2.39. The van der Waals surface area contributed by atoms with Crippen LogP contribution in [0.1, 0.15) is 40.2 Å². The van der Waals surface area contributed by atoms with E-state index in [1.807, 2.05) is 31.2 Å². The molecular weight excluding hydrogens is 379 g/mol. The Balaban J connectivity index is 1.44. The summed E-state index contributed by atoms with van der Waals surface area (Å²) in [6.07, 6.45) is 0.262. The van der Waals surface area contributed by atoms with Gasteiger partial charge in [-0.2, -0.15) is 0 Å². The van der Waals surface area contributed by atoms with Gasteiger partial charge in [0.25, 0.3) is 5.91 Å². The molecule has 5 nitrogen and oxygen atoms in total. The fourth-order valence-corrected chi connectivity index (χ4v) is 4.50. The van der Waals surface area contributed by atoms with Gasteiger partial charge in [0.1, 0.15) is 16.6 Å². The normalized spacial score (nSPS) is 15.7. The molecule has 0 fully saturated rings. The van der Waals surface area contributed by atoms with Gasteiger partial charge in [0.2, 0.25) is 0 Å². The number of amides is 1. The number of aromatic nitrogens is 1. The quantitative estimate of drug-likeness (QED) is 0.647. The lowest BCUT2D eigenvalue weighted by atomic mass is 10.0. The average molecular weight is 398 g/mol. The molecule has 0 saturated carbocycles. The van der Waals surface area contributed by atoms with Crippen LogP contribution < -0.4 is 4.74 Å². The van der Waals surface area contributed by atoms with Gasteiger partial charge in [-0.05, 0) is 30.2 Å². The molecule has 7 heteroatoms. The summed E-state index contributed by atoms with van der Waals surface area (Å²) in [6.45, 7) is 1.97. The number of ketones is 1. The van der Waals surface area contributed by atoms with Gasteiger partial charge in [0, 0.05) is 19.0 Å². The molecule has 2 aromatic carbocycles. The molecule has 0 saturated heterocycles. The summed E-state index contributed by atoms with van der Waals surface area (Å²) in [7, 11) is 1.68. The van der Waals surface area contributed by atoms with Gasteiger partial charge in [-0.1, -0.05) is 19.1 Å². The number of Topliss-reactive ketones (excluding diaryl/α,β-unsaturated/α-hetero) is 1. The van der Waals surface area contributed by atoms with Crippen LogP contribution in [0.5, 0.6) is 5.75 Å². The molecule has 0 spiro atoms. The lowest BCUT2D eigenvalue weighted by molar-refractivity contribution is -0.132. The molecule has 0 aliphatic heterocycles. The van der Waals surface area contributed by atoms with Crippen molar-refractivity contribution in [2.45, 2.75) is 25.8 Å². The van der Waals surface area contributed by atoms with E-state index < -0.39 is 5.82 Å². The van der Waals surface area contributed by atoms with Gasteiger partial charge < -0.3 is 9.64 Å². The SMILES string of the molecule is CC1CC(=O)c2c(OCC(=O)N(C)Cc3nc4ccccc4s3)ccc(F)c21. The van der Waals surface area contributed by atoms with Gasteiger partial charge in [0.05, 0.1) is 22.3 Å². The standard InChI is InChI=1S/C21H19FN2O3S/c1-12-9-15(25)21-16(8-7-13(22)20(12)21)27-11-19(26)24(2)10-18-23-14-5-3-4-6-17(14)28-18/h3-8,12H,9-11H2,1-2H3. The Morgan fingerprint density at radius 3 is 2.89 bits per heavy atom. The zero-order chi connectivity index (χ0) is 19.8. The summed E-state index contributed by atoms with van der Waals surface area (Å²) in [5.74, 6) is -0.695. The largest absolute Gasteiger partial charge is 0.483 e. The minimum Gasteiger partial charge on any atom is -0.483 e. The molecule has 4 rings (SSSR count). The van der Waals surface area contributed by atoms with Crippen LogP contribution in [0.25, 0.3) is 10.2 Å². The number of fused-ring (bicyclic) bond motifs is 2. The highest BCUT2D eigenvalue weighted by atomic mass is 32.1. The number of hydrogen-bond acceptors (Lipinski definition) is 5. The van der Waals surface area contributed by atoms with E-state index in [1.165, 1.54) is 17.0 Å². The number of likely N-dealkylation sites (N-methyl/N-ethyl adjacent to an activating group) is 1. The molecular formula is C21H19FN2O3S. The van der Waals surface area contributed by atoms with E-state index in [0.29, 0.717) is 12.1 Å². The fraction of sp³-hybridized carbons (Fsp3) is 0.286. The summed E-state index contributed by atoms with van der Waals surface area (Å²) in [4.78, 5) is 30.7. The molecule has 28 heavy (non-hydrogen) atoms. The summed E-state index contributed by atoms with van der Waals surface area (Å²) < 4.78 is 20.7. The molecule has 3 aromatic rings. The van der Waals surface area contributed by atoms with Gasteiger partial charge in [-0.25, -0.2) is 9.37 Å². The van der Waals surface area contributed by atoms with Gasteiger partial charge in [-0.3, -0.25) is 9.59 Å². The van der Waals surface area contributed by atoms with E-state index in [-0.39, 0.29) is 41.9 Å². The first kappa shape index (κ1) is 18.6. The zero-order valence-corrected chi connectivity index (χ0v) is 16.4. The van der Waals surface area contributed by atoms with Crippen molar-refractivity contribution in [2.75, 3.05) is 13.7 Å². The monoisotopic (exact) mass is 398 g/mol. The Hall–Kier alpha value is -2.80. The lowest BCUT2D eigenvalue weighted by Gasteiger charge is -2.17. The maximum Gasteiger partial charge on any atom is 0.260 e. The number of thiazole rings is 1. The molecule has 1 heterocycles. The minimum absolute atomic E-state index is 0.146. The van der Waals surface area contributed by atoms with Crippen molar-refractivity contribution in [3.8, 4) is 5.75 Å². The Kier molecular flexibility index (Phi) is 4.85. The summed E-state index contributed by atoms with van der Waals surface area (Å²) in [6, 6.07) is 10.5. The number of ether oxygens (including phenoxy) is 1. The summed E-state index contributed by atoms with van der Waals surface area (Å²) in [5.41, 5.74) is 1.57. The Morgan fingerprint density at radius 2 is 2.11 bits per heavy atom. The summed E-state index contributed by atoms with van der Waals surface area (Å²) >= 11 is 1.54. The number of nitrogens with zero attached hydrogens (tertiary/aromatic N) is 2. The second kappa shape index (κ2) is 7.31. The lowest BCUT2D eigenvalue weighted by Crippen LogP contribution is -2.31. The molecule has 1 aliphatic rings. The predicted molar refractivity (Wildman–Crippen MR) is 105 cm³/mol. The number of halogens is 1. The van der Waals surface area contributed by atoms with E-state index in [0.717, 1.165) is 15.2 Å². The van der Waals surface area contributed by atoms with Crippen LogP contribution in [0.2, 0.25) is 0 Å². The maximum atomic E-state index is 14.1. The van der Waals surface area contributed by atoms with E-state index >= 15 is 0 Å². The minimum atomic E-state index is -0.403. The van der Waals surface area contributed by atoms with Crippen LogP contribution in [-0.4, -0.2) is 35.2 Å². The molecule has 0 radical (unpaired) electrons. The topological polar surface area (TPSA) is 59.5 Å². The van der Waals surface area contributed by atoms with Crippen molar-refractivity contribution in [3.63, 3.8) is 0 Å². The van der Waals surface area contributed by atoms with Crippen molar-refractivity contribution < 1.29 is 18.7 Å². The van der Waals surface area contributed by atoms with Crippen LogP contribution in [-0.2, 0) is 11.3 Å². The zero-order valence-electron chi connectivity index (χ0n) is 15.6. The number of carbonyl (C=O) groups excluding carboxylic acids is 2. The molecule has 0 bridgehead atoms. The second-order valence-corrected chi connectivity index (χ2v) is 8.09. The number of para-hydroxylation sites is 1. The second-order valence-electron chi connectivity index (χ2n) is 6.98. The Bertz CT molecular complexity index is 1050. The van der Waals surface area contributed by atoms with Crippen LogP contribution >= 0.6 is 11.3 Å². The predicted octanol–water partition coefficient (Wildman–Crippen LogP) is 4.16. The van der Waals surface area contributed by atoms with Gasteiger partial charge >= 0.3 is 0 Å². The first-order valence-corrected chi connectivity index (χ1v) is 9.82. The van der Waals surface area contributed by atoms with Crippen LogP contribution in [0.3, 0.4) is 0 Å². The molecule has 144 valence electrons. The van der Waals surface area contributed by atoms with E-state index in [1.54, 1.807) is 18.4 Å². The first-order chi connectivity index (χ1) is 13.4. The third kappa shape index (κ3) is 3.38. The molecule has 1 atom stereocenters. The number of rotatable bonds is 5. The molecule has 1 unspecified atom stereocenters. The van der Waals surface area contributed by atoms with Gasteiger partial charge in [-0.15, -0.1) is 11.3 Å². The highest BCUT2D eigenvalue weighted by molar-refractivity contribution is 7.18. The number of carbonyl (C=O) groups is 2. The maximum absolute atomic E-state index is 14.1. The first-order valence-electron chi connectivity index (χ1n) is 9.01. The molecule has 1 amide bonds. The van der Waals surface area contributed by atoms with Crippen molar-refractivity contribution in [3.05, 3.63) is 58.3 Å². The fourth-order valence-electron chi connectivity index (χ4n) is 3.47. The third-order valence-electron chi connectivity index (χ3n) is 4.90. The third-order valence-corrected chi connectivity index (χ3v) is 5.93. The van der Waals surface area contributed by atoms with Crippen molar-refractivity contribution >= 4 is 33.2 Å². The van der Waals surface area contributed by atoms with E-state index in [2.05, 4.69) is 4.98 Å². The Labute approximate surface area is 165 Å². The highest BCUT2D eigenvalue weighted by Gasteiger charge is 2.32. The molecule has 0 N–H and O–H groups in total. The van der Waals surface area contributed by atoms with Crippen molar-refractivity contribution in [1.82, 2.24) is 9.88 Å². The van der Waals surface area contributed by atoms with Crippen LogP contribution in [0, 0.1) is 5.82 Å². The number of benzene rings is 2. The van der Waals surface area contributed by atoms with E-state index in [4.69, 9.17) is 4.74 Å². The van der Waals surface area contributed by atoms with Gasteiger partial charge in [0.15, 0.2) is 12.4 Å². The van der Waals surface area contributed by atoms with Crippen LogP contribution in [0.4, 0.5) is 4.39 Å². The molecule has 1 aromatic heterocycles. The molecule has 1 aliphatic carbocycles. The number of hydrogen-bond donors (Lipinski definition) is 0.